The molecule has 11 rings (SSSR count). The maximum atomic E-state index is 2.39. The van der Waals surface area contributed by atoms with Gasteiger partial charge in [-0.3, -0.25) is 0 Å². The Morgan fingerprint density at radius 3 is 0.984 bits per heavy atom. The molecule has 0 aliphatic carbocycles. The van der Waals surface area contributed by atoms with Crippen molar-refractivity contribution in [3.05, 3.63) is 255 Å². The topological polar surface area (TPSA) is 6.48 Å². The van der Waals surface area contributed by atoms with E-state index in [0.717, 1.165) is 39.7 Å². The van der Waals surface area contributed by atoms with E-state index in [1.54, 1.807) is 0 Å². The Hall–Kier alpha value is -8.20. The molecule has 0 unspecified atom stereocenters. The fourth-order valence-electron chi connectivity index (χ4n) is 9.00. The third kappa shape index (κ3) is 6.94. The number of hydrogen-bond donors (Lipinski definition) is 0. The van der Waals surface area contributed by atoms with Crippen LogP contribution in [0, 0.1) is 0 Å². The lowest BCUT2D eigenvalue weighted by Gasteiger charge is -2.26. The van der Waals surface area contributed by atoms with E-state index in [-0.39, 0.29) is 0 Å². The summed E-state index contributed by atoms with van der Waals surface area (Å²) in [5, 5.41) is 7.46. The number of rotatable bonds is 9. The van der Waals surface area contributed by atoms with Crippen molar-refractivity contribution in [3.8, 4) is 33.4 Å². The van der Waals surface area contributed by atoms with Crippen LogP contribution >= 0.6 is 0 Å². The molecule has 0 radical (unpaired) electrons. The Balaban J connectivity index is 1.01. The molecule has 0 saturated heterocycles. The van der Waals surface area contributed by atoms with Gasteiger partial charge in [-0.1, -0.05) is 176 Å². The summed E-state index contributed by atoms with van der Waals surface area (Å²) in [7, 11) is 0. The molecule has 0 aliphatic rings. The molecule has 0 aromatic heterocycles. The Morgan fingerprint density at radius 2 is 0.468 bits per heavy atom. The highest BCUT2D eigenvalue weighted by Crippen LogP contribution is 2.43. The lowest BCUT2D eigenvalue weighted by molar-refractivity contribution is 1.28. The maximum Gasteiger partial charge on any atom is 0.0468 e. The molecule has 0 heterocycles. The second-order valence-corrected chi connectivity index (χ2v) is 15.8. The average Bonchev–Trinajstić information content (AvgIpc) is 3.36. The predicted molar refractivity (Wildman–Crippen MR) is 265 cm³/mol. The molecule has 11 aromatic rings. The summed E-state index contributed by atoms with van der Waals surface area (Å²) in [5.41, 5.74) is 13.8. The number of hydrogen-bond acceptors (Lipinski definition) is 2. The van der Waals surface area contributed by atoms with Gasteiger partial charge in [0.05, 0.1) is 0 Å². The van der Waals surface area contributed by atoms with Gasteiger partial charge in [0.25, 0.3) is 0 Å². The molecule has 0 atom stereocenters. The summed E-state index contributed by atoms with van der Waals surface area (Å²) in [6, 6.07) is 92.0. The van der Waals surface area contributed by atoms with Crippen molar-refractivity contribution in [2.24, 2.45) is 0 Å². The summed E-state index contributed by atoms with van der Waals surface area (Å²) in [6.07, 6.45) is 0. The van der Waals surface area contributed by atoms with Crippen LogP contribution in [0.25, 0.3) is 65.7 Å². The van der Waals surface area contributed by atoms with Crippen LogP contribution in [0.3, 0.4) is 0 Å². The van der Waals surface area contributed by atoms with E-state index >= 15 is 0 Å². The molecule has 0 amide bonds. The number of benzene rings is 11. The first-order chi connectivity index (χ1) is 30.7. The van der Waals surface area contributed by atoms with Crippen LogP contribution < -0.4 is 9.80 Å². The zero-order chi connectivity index (χ0) is 41.2. The van der Waals surface area contributed by atoms with E-state index in [4.69, 9.17) is 0 Å². The van der Waals surface area contributed by atoms with Crippen LogP contribution in [-0.4, -0.2) is 0 Å². The van der Waals surface area contributed by atoms with E-state index in [1.165, 1.54) is 60.1 Å². The molecular formula is C60H42N2. The highest BCUT2D eigenvalue weighted by molar-refractivity contribution is 6.26. The lowest BCUT2D eigenvalue weighted by atomic mass is 9.91. The van der Waals surface area contributed by atoms with Crippen LogP contribution in [0.5, 0.6) is 0 Å². The molecule has 0 aliphatic heterocycles. The van der Waals surface area contributed by atoms with Gasteiger partial charge >= 0.3 is 0 Å². The average molecular weight is 791 g/mol. The molecule has 2 nitrogen and oxygen atoms in total. The molecule has 0 bridgehead atoms. The van der Waals surface area contributed by atoms with E-state index in [9.17, 15) is 0 Å². The molecule has 0 N–H and O–H groups in total. The van der Waals surface area contributed by atoms with Gasteiger partial charge in [0, 0.05) is 34.1 Å². The van der Waals surface area contributed by atoms with Crippen molar-refractivity contribution in [3.63, 3.8) is 0 Å². The summed E-state index contributed by atoms with van der Waals surface area (Å²) in [6.45, 7) is 0. The van der Waals surface area contributed by atoms with Crippen molar-refractivity contribution < 1.29 is 0 Å². The Kier molecular flexibility index (Phi) is 9.57. The third-order valence-corrected chi connectivity index (χ3v) is 12.0. The van der Waals surface area contributed by atoms with Crippen LogP contribution in [0.2, 0.25) is 0 Å². The Morgan fingerprint density at radius 1 is 0.161 bits per heavy atom. The summed E-state index contributed by atoms with van der Waals surface area (Å²) in [4.78, 5) is 4.70. The first kappa shape index (κ1) is 36.8. The second kappa shape index (κ2) is 16.1. The quantitative estimate of drug-likeness (QED) is 0.134. The number of para-hydroxylation sites is 2. The second-order valence-electron chi connectivity index (χ2n) is 15.8. The van der Waals surface area contributed by atoms with Gasteiger partial charge in [0.1, 0.15) is 0 Å². The molecule has 292 valence electrons. The van der Waals surface area contributed by atoms with E-state index in [2.05, 4.69) is 265 Å². The predicted octanol–water partition coefficient (Wildman–Crippen LogP) is 17.1. The Bertz CT molecular complexity index is 3170. The van der Waals surface area contributed by atoms with Crippen molar-refractivity contribution in [1.82, 2.24) is 0 Å². The summed E-state index contributed by atoms with van der Waals surface area (Å²) < 4.78 is 0. The van der Waals surface area contributed by atoms with Gasteiger partial charge < -0.3 is 9.80 Å². The van der Waals surface area contributed by atoms with Crippen LogP contribution in [0.1, 0.15) is 0 Å². The first-order valence-electron chi connectivity index (χ1n) is 21.3. The third-order valence-electron chi connectivity index (χ3n) is 12.0. The van der Waals surface area contributed by atoms with Crippen molar-refractivity contribution >= 4 is 66.4 Å². The smallest absolute Gasteiger partial charge is 0.0468 e. The van der Waals surface area contributed by atoms with Gasteiger partial charge in [-0.05, 0) is 145 Å². The standard InChI is InChI=1S/C60H42N2/c1-5-16-43(17-6-1)45-28-33-51(34-29-45)62(52-35-30-46(31-36-52)44-18-7-2-8-19-44)53-25-15-20-47(40-53)48-32-38-57-58-39-37-54(42-60(58)56-27-14-13-26-55(56)59(57)41-48)61(49-21-9-3-10-22-49)50-23-11-4-12-24-50/h1-42H. The minimum absolute atomic E-state index is 1.10. The SMILES string of the molecule is c1ccc(-c2ccc(N(c3ccc(-c4ccccc4)cc3)c3cccc(-c4ccc5c6ccc(N(c7ccccc7)c7ccccc7)cc6c6ccccc6c5c4)c3)cc2)cc1. The largest absolute Gasteiger partial charge is 0.310 e. The molecular weight excluding hydrogens is 749 g/mol. The Labute approximate surface area is 362 Å². The minimum Gasteiger partial charge on any atom is -0.310 e. The molecule has 2 heteroatoms. The van der Waals surface area contributed by atoms with Gasteiger partial charge in [-0.25, -0.2) is 0 Å². The van der Waals surface area contributed by atoms with Crippen LogP contribution in [-0.2, 0) is 0 Å². The highest BCUT2D eigenvalue weighted by atomic mass is 15.1. The zero-order valence-electron chi connectivity index (χ0n) is 34.1. The highest BCUT2D eigenvalue weighted by Gasteiger charge is 2.18. The number of anilines is 6. The fourth-order valence-corrected chi connectivity index (χ4v) is 9.00. The van der Waals surface area contributed by atoms with Crippen molar-refractivity contribution in [2.75, 3.05) is 9.80 Å². The number of nitrogens with zero attached hydrogens (tertiary/aromatic N) is 2. The first-order valence-corrected chi connectivity index (χ1v) is 21.3. The normalized spacial score (nSPS) is 11.2. The lowest BCUT2D eigenvalue weighted by Crippen LogP contribution is -2.10. The minimum atomic E-state index is 1.10. The van der Waals surface area contributed by atoms with Crippen LogP contribution in [0.4, 0.5) is 34.1 Å². The van der Waals surface area contributed by atoms with Crippen molar-refractivity contribution in [1.29, 1.82) is 0 Å². The molecule has 0 spiro atoms. The van der Waals surface area contributed by atoms with E-state index in [0.29, 0.717) is 0 Å². The van der Waals surface area contributed by atoms with Gasteiger partial charge in [-0.15, -0.1) is 0 Å². The van der Waals surface area contributed by atoms with E-state index in [1.807, 2.05) is 0 Å². The van der Waals surface area contributed by atoms with Crippen LogP contribution in [0.15, 0.2) is 255 Å². The zero-order valence-corrected chi connectivity index (χ0v) is 34.1. The van der Waals surface area contributed by atoms with Gasteiger partial charge in [0.15, 0.2) is 0 Å². The molecule has 11 aromatic carbocycles. The monoisotopic (exact) mass is 790 g/mol. The van der Waals surface area contributed by atoms with E-state index < -0.39 is 0 Å². The van der Waals surface area contributed by atoms with Crippen molar-refractivity contribution in [2.45, 2.75) is 0 Å². The maximum absolute atomic E-state index is 2.39. The molecule has 0 fully saturated rings. The van der Waals surface area contributed by atoms with Gasteiger partial charge in [-0.2, -0.15) is 0 Å². The summed E-state index contributed by atoms with van der Waals surface area (Å²) >= 11 is 0. The fraction of sp³-hybridized carbons (Fsp3) is 0. The summed E-state index contributed by atoms with van der Waals surface area (Å²) in [5.74, 6) is 0. The van der Waals surface area contributed by atoms with Gasteiger partial charge in [0.2, 0.25) is 0 Å². The molecule has 62 heavy (non-hydrogen) atoms. The molecule has 0 saturated carbocycles. The number of fused-ring (bicyclic) bond motifs is 6.